The van der Waals surface area contributed by atoms with Crippen LogP contribution in [0.3, 0.4) is 0 Å². The van der Waals surface area contributed by atoms with Crippen LogP contribution in [0.15, 0.2) is 12.7 Å². The lowest BCUT2D eigenvalue weighted by molar-refractivity contribution is -0.143. The van der Waals surface area contributed by atoms with Gasteiger partial charge in [0, 0.05) is 6.42 Å². The summed E-state index contributed by atoms with van der Waals surface area (Å²) in [7, 11) is -1.77. The van der Waals surface area contributed by atoms with Crippen molar-refractivity contribution in [3.8, 4) is 0 Å². The van der Waals surface area contributed by atoms with E-state index in [2.05, 4.69) is 26.2 Å². The molecule has 0 aliphatic carbocycles. The summed E-state index contributed by atoms with van der Waals surface area (Å²) in [6.45, 7) is 11.8. The molecule has 14 heavy (non-hydrogen) atoms. The van der Waals surface area contributed by atoms with Crippen LogP contribution in [0.25, 0.3) is 0 Å². The van der Waals surface area contributed by atoms with Gasteiger partial charge in [0.2, 0.25) is 6.29 Å². The summed E-state index contributed by atoms with van der Waals surface area (Å²) in [6, 6.07) is 0. The maximum atomic E-state index is 11.8. The van der Waals surface area contributed by atoms with Gasteiger partial charge in [0.05, 0.1) is 8.07 Å². The second-order valence-electron chi connectivity index (χ2n) is 4.66. The molecule has 1 saturated heterocycles. The molecular formula is C10H18O3Si. The predicted octanol–water partition coefficient (Wildman–Crippen LogP) is 2.10. The number of rotatable bonds is 3. The molecule has 0 aromatic carbocycles. The molecule has 0 N–H and O–H groups in total. The average molecular weight is 214 g/mol. The molecule has 0 spiro atoms. The van der Waals surface area contributed by atoms with Crippen LogP contribution in [0, 0.1) is 0 Å². The zero-order valence-electron chi connectivity index (χ0n) is 9.29. The Morgan fingerprint density at radius 2 is 2.14 bits per heavy atom. The maximum absolute atomic E-state index is 11.8. The van der Waals surface area contributed by atoms with Gasteiger partial charge in [-0.25, -0.2) is 4.79 Å². The monoisotopic (exact) mass is 214 g/mol. The van der Waals surface area contributed by atoms with Gasteiger partial charge in [0.15, 0.2) is 5.22 Å². The predicted molar refractivity (Wildman–Crippen MR) is 57.5 cm³/mol. The number of hydrogen-bond donors (Lipinski definition) is 0. The molecule has 1 fully saturated rings. The smallest absolute Gasteiger partial charge is 0.337 e. The highest BCUT2D eigenvalue weighted by atomic mass is 28.3. The van der Waals surface area contributed by atoms with Crippen LogP contribution in [0.5, 0.6) is 0 Å². The van der Waals surface area contributed by atoms with Crippen molar-refractivity contribution < 1.29 is 14.3 Å². The van der Waals surface area contributed by atoms with Crippen molar-refractivity contribution in [1.29, 1.82) is 0 Å². The third-order valence-electron chi connectivity index (χ3n) is 2.61. The van der Waals surface area contributed by atoms with Crippen LogP contribution in [-0.2, 0) is 14.3 Å². The van der Waals surface area contributed by atoms with Crippen LogP contribution in [0.4, 0.5) is 0 Å². The SMILES string of the molecule is C=CC[C@@]1([Si](C)(C)C)OC(C)OC1=O. The van der Waals surface area contributed by atoms with E-state index in [-0.39, 0.29) is 5.97 Å². The van der Waals surface area contributed by atoms with Gasteiger partial charge < -0.3 is 9.47 Å². The van der Waals surface area contributed by atoms with Crippen molar-refractivity contribution in [2.75, 3.05) is 0 Å². The molecule has 1 aliphatic heterocycles. The average Bonchev–Trinajstić information content (AvgIpc) is 2.27. The van der Waals surface area contributed by atoms with Gasteiger partial charge in [0.25, 0.3) is 0 Å². The number of ether oxygens (including phenoxy) is 2. The second-order valence-corrected chi connectivity index (χ2v) is 9.97. The summed E-state index contributed by atoms with van der Waals surface area (Å²) in [5.74, 6) is -0.218. The Kier molecular flexibility index (Phi) is 2.87. The Morgan fingerprint density at radius 3 is 2.43 bits per heavy atom. The Hall–Kier alpha value is -0.613. The summed E-state index contributed by atoms with van der Waals surface area (Å²) in [4.78, 5) is 11.8. The fourth-order valence-corrected chi connectivity index (χ4v) is 3.67. The van der Waals surface area contributed by atoms with Crippen molar-refractivity contribution in [2.24, 2.45) is 0 Å². The Balaban J connectivity index is 3.05. The normalized spacial score (nSPS) is 32.9. The Morgan fingerprint density at radius 1 is 1.57 bits per heavy atom. The minimum atomic E-state index is -1.77. The summed E-state index contributed by atoms with van der Waals surface area (Å²) in [5, 5.41) is -0.728. The van der Waals surface area contributed by atoms with Gasteiger partial charge in [0.1, 0.15) is 0 Å². The number of carbonyl (C=O) groups is 1. The first-order valence-electron chi connectivity index (χ1n) is 4.83. The standard InChI is InChI=1S/C10H18O3Si/c1-6-7-10(14(3,4)5)9(11)12-8(2)13-10/h6,8H,1,7H2,2-5H3/t8?,10-/m0/s1. The number of hydrogen-bond acceptors (Lipinski definition) is 3. The molecule has 3 nitrogen and oxygen atoms in total. The van der Waals surface area contributed by atoms with E-state index in [1.165, 1.54) is 0 Å². The second kappa shape index (κ2) is 3.51. The lowest BCUT2D eigenvalue weighted by Crippen LogP contribution is -2.56. The highest BCUT2D eigenvalue weighted by Crippen LogP contribution is 2.36. The third kappa shape index (κ3) is 1.64. The molecule has 0 aromatic rings. The fourth-order valence-electron chi connectivity index (χ4n) is 1.73. The van der Waals surface area contributed by atoms with Gasteiger partial charge in [-0.3, -0.25) is 0 Å². The lowest BCUT2D eigenvalue weighted by Gasteiger charge is -2.34. The Labute approximate surface area is 86.1 Å². The van der Waals surface area contributed by atoms with E-state index in [0.29, 0.717) is 6.42 Å². The molecule has 0 bridgehead atoms. The minimum absolute atomic E-state index is 0.218. The molecule has 2 atom stereocenters. The third-order valence-corrected chi connectivity index (χ3v) is 5.56. The first-order valence-corrected chi connectivity index (χ1v) is 8.33. The van der Waals surface area contributed by atoms with Gasteiger partial charge in [-0.1, -0.05) is 25.7 Å². The molecule has 1 heterocycles. The highest BCUT2D eigenvalue weighted by molar-refractivity contribution is 6.82. The number of carbonyl (C=O) groups excluding carboxylic acids is 1. The van der Waals surface area contributed by atoms with E-state index < -0.39 is 19.6 Å². The van der Waals surface area contributed by atoms with Crippen LogP contribution in [0.1, 0.15) is 13.3 Å². The molecule has 4 heteroatoms. The zero-order valence-corrected chi connectivity index (χ0v) is 10.3. The number of cyclic esters (lactones) is 1. The van der Waals surface area contributed by atoms with E-state index in [0.717, 1.165) is 0 Å². The highest BCUT2D eigenvalue weighted by Gasteiger charge is 2.56. The van der Waals surface area contributed by atoms with Crippen LogP contribution in [-0.4, -0.2) is 25.6 Å². The van der Waals surface area contributed by atoms with Gasteiger partial charge in [-0.2, -0.15) is 0 Å². The van der Waals surface area contributed by atoms with Crippen LogP contribution < -0.4 is 0 Å². The fraction of sp³-hybridized carbons (Fsp3) is 0.700. The van der Waals surface area contributed by atoms with Crippen molar-refractivity contribution in [2.45, 2.75) is 44.5 Å². The van der Waals surface area contributed by atoms with Gasteiger partial charge in [-0.15, -0.1) is 6.58 Å². The summed E-state index contributed by atoms with van der Waals surface area (Å²) < 4.78 is 10.8. The Bertz CT molecular complexity index is 257. The van der Waals surface area contributed by atoms with E-state index in [1.807, 2.05) is 0 Å². The van der Waals surface area contributed by atoms with Crippen molar-refractivity contribution in [1.82, 2.24) is 0 Å². The topological polar surface area (TPSA) is 35.5 Å². The zero-order chi connectivity index (χ0) is 11.0. The molecule has 0 aromatic heterocycles. The van der Waals surface area contributed by atoms with E-state index in [1.54, 1.807) is 13.0 Å². The molecular weight excluding hydrogens is 196 g/mol. The number of esters is 1. The molecule has 1 unspecified atom stereocenters. The molecule has 80 valence electrons. The van der Waals surface area contributed by atoms with E-state index in [4.69, 9.17) is 9.47 Å². The maximum Gasteiger partial charge on any atom is 0.337 e. The van der Waals surface area contributed by atoms with E-state index >= 15 is 0 Å². The molecule has 1 rings (SSSR count). The first kappa shape index (κ1) is 11.5. The van der Waals surface area contributed by atoms with Crippen LogP contribution in [0.2, 0.25) is 19.6 Å². The quantitative estimate of drug-likeness (QED) is 0.410. The summed E-state index contributed by atoms with van der Waals surface area (Å²) in [5.41, 5.74) is 0. The van der Waals surface area contributed by atoms with Gasteiger partial charge >= 0.3 is 5.97 Å². The largest absolute Gasteiger partial charge is 0.434 e. The molecule has 1 aliphatic rings. The molecule has 0 saturated carbocycles. The van der Waals surface area contributed by atoms with Crippen molar-refractivity contribution >= 4 is 14.0 Å². The van der Waals surface area contributed by atoms with Crippen LogP contribution >= 0.6 is 0 Å². The van der Waals surface area contributed by atoms with E-state index in [9.17, 15) is 4.79 Å². The van der Waals surface area contributed by atoms with Crippen molar-refractivity contribution in [3.63, 3.8) is 0 Å². The van der Waals surface area contributed by atoms with Crippen molar-refractivity contribution in [3.05, 3.63) is 12.7 Å². The lowest BCUT2D eigenvalue weighted by atomic mass is 10.2. The molecule has 0 radical (unpaired) electrons. The first-order chi connectivity index (χ1) is 6.33. The molecule has 0 amide bonds. The van der Waals surface area contributed by atoms with Gasteiger partial charge in [-0.05, 0) is 6.92 Å². The minimum Gasteiger partial charge on any atom is -0.434 e. The summed E-state index contributed by atoms with van der Waals surface area (Å²) in [6.07, 6.45) is 1.86. The summed E-state index contributed by atoms with van der Waals surface area (Å²) >= 11 is 0.